The van der Waals surface area contributed by atoms with Crippen molar-refractivity contribution in [2.45, 2.75) is 0 Å². The Kier molecular flexibility index (Phi) is 2.86. The molecule has 3 aromatic heterocycles. The summed E-state index contributed by atoms with van der Waals surface area (Å²) in [7, 11) is 0. The zero-order valence-electron chi connectivity index (χ0n) is 11.4. The normalized spacial score (nSPS) is 11.0. The number of fused-ring (bicyclic) bond motifs is 1. The molecular formula is C16H10FN5. The summed E-state index contributed by atoms with van der Waals surface area (Å²) in [5.74, 6) is -0.311. The van der Waals surface area contributed by atoms with Gasteiger partial charge in [0.25, 0.3) is 0 Å². The van der Waals surface area contributed by atoms with E-state index in [1.54, 1.807) is 43.0 Å². The highest BCUT2D eigenvalue weighted by atomic mass is 19.1. The van der Waals surface area contributed by atoms with Crippen molar-refractivity contribution in [1.29, 1.82) is 0 Å². The van der Waals surface area contributed by atoms with Crippen LogP contribution in [0.5, 0.6) is 0 Å². The zero-order chi connectivity index (χ0) is 14.9. The molecule has 0 saturated carbocycles. The van der Waals surface area contributed by atoms with Gasteiger partial charge in [0.2, 0.25) is 0 Å². The minimum absolute atomic E-state index is 0.311. The lowest BCUT2D eigenvalue weighted by atomic mass is 10.1. The fourth-order valence-corrected chi connectivity index (χ4v) is 2.35. The van der Waals surface area contributed by atoms with Crippen LogP contribution in [0.15, 0.2) is 55.1 Å². The van der Waals surface area contributed by atoms with Gasteiger partial charge >= 0.3 is 0 Å². The Morgan fingerprint density at radius 2 is 1.86 bits per heavy atom. The number of nitrogens with zero attached hydrogens (tertiary/aromatic N) is 4. The SMILES string of the molecule is Fc1ccccc1-c1n[nH]c2cnc(-c3cnccn3)cc12. The number of H-pyrrole nitrogens is 1. The molecule has 0 aliphatic heterocycles. The van der Waals surface area contributed by atoms with E-state index in [2.05, 4.69) is 25.1 Å². The lowest BCUT2D eigenvalue weighted by molar-refractivity contribution is 0.631. The first-order chi connectivity index (χ1) is 10.8. The lowest BCUT2D eigenvalue weighted by Crippen LogP contribution is -1.88. The van der Waals surface area contributed by atoms with Gasteiger partial charge in [-0.15, -0.1) is 0 Å². The first kappa shape index (κ1) is 12.6. The van der Waals surface area contributed by atoms with Crippen molar-refractivity contribution in [3.63, 3.8) is 0 Å². The van der Waals surface area contributed by atoms with E-state index in [-0.39, 0.29) is 5.82 Å². The van der Waals surface area contributed by atoms with Gasteiger partial charge in [-0.3, -0.25) is 20.1 Å². The first-order valence-electron chi connectivity index (χ1n) is 6.68. The van der Waals surface area contributed by atoms with Crippen LogP contribution in [0.2, 0.25) is 0 Å². The molecule has 106 valence electrons. The van der Waals surface area contributed by atoms with Crippen LogP contribution >= 0.6 is 0 Å². The van der Waals surface area contributed by atoms with Crippen molar-refractivity contribution in [3.8, 4) is 22.6 Å². The highest BCUT2D eigenvalue weighted by Crippen LogP contribution is 2.29. The number of nitrogens with one attached hydrogen (secondary N) is 1. The smallest absolute Gasteiger partial charge is 0.132 e. The van der Waals surface area contributed by atoms with E-state index < -0.39 is 0 Å². The van der Waals surface area contributed by atoms with Gasteiger partial charge in [-0.2, -0.15) is 5.10 Å². The minimum Gasteiger partial charge on any atom is -0.276 e. The van der Waals surface area contributed by atoms with Gasteiger partial charge in [0, 0.05) is 23.3 Å². The molecule has 0 saturated heterocycles. The maximum absolute atomic E-state index is 14.0. The van der Waals surface area contributed by atoms with E-state index in [1.165, 1.54) is 6.07 Å². The molecule has 0 atom stereocenters. The van der Waals surface area contributed by atoms with Crippen LogP contribution in [0, 0.1) is 5.82 Å². The van der Waals surface area contributed by atoms with Crippen LogP contribution in [0.25, 0.3) is 33.5 Å². The Morgan fingerprint density at radius 1 is 0.955 bits per heavy atom. The Labute approximate surface area is 124 Å². The molecule has 6 heteroatoms. The monoisotopic (exact) mass is 291 g/mol. The van der Waals surface area contributed by atoms with Gasteiger partial charge in [-0.25, -0.2) is 4.39 Å². The summed E-state index contributed by atoms with van der Waals surface area (Å²) in [6, 6.07) is 8.39. The molecule has 0 spiro atoms. The molecule has 0 fully saturated rings. The van der Waals surface area contributed by atoms with Gasteiger partial charge < -0.3 is 0 Å². The fourth-order valence-electron chi connectivity index (χ4n) is 2.35. The van der Waals surface area contributed by atoms with Crippen molar-refractivity contribution in [2.24, 2.45) is 0 Å². The summed E-state index contributed by atoms with van der Waals surface area (Å²) < 4.78 is 14.0. The predicted molar refractivity (Wildman–Crippen MR) is 80.3 cm³/mol. The van der Waals surface area contributed by atoms with Gasteiger partial charge in [-0.05, 0) is 18.2 Å². The highest BCUT2D eigenvalue weighted by Gasteiger charge is 2.13. The van der Waals surface area contributed by atoms with Gasteiger partial charge in [0.15, 0.2) is 0 Å². The molecule has 5 nitrogen and oxygen atoms in total. The Hall–Kier alpha value is -3.15. The minimum atomic E-state index is -0.311. The average molecular weight is 291 g/mol. The largest absolute Gasteiger partial charge is 0.276 e. The molecule has 4 aromatic rings. The maximum Gasteiger partial charge on any atom is 0.132 e. The molecule has 0 unspecified atom stereocenters. The molecule has 22 heavy (non-hydrogen) atoms. The Balaban J connectivity index is 1.93. The predicted octanol–water partition coefficient (Wildman–Crippen LogP) is 3.22. The number of rotatable bonds is 2. The number of aromatic amines is 1. The third kappa shape index (κ3) is 2.01. The molecule has 1 N–H and O–H groups in total. The van der Waals surface area contributed by atoms with Crippen molar-refractivity contribution < 1.29 is 4.39 Å². The summed E-state index contributed by atoms with van der Waals surface area (Å²) in [6.07, 6.45) is 6.51. The van der Waals surface area contributed by atoms with Crippen molar-refractivity contribution >= 4 is 10.9 Å². The van der Waals surface area contributed by atoms with E-state index in [4.69, 9.17) is 0 Å². The summed E-state index contributed by atoms with van der Waals surface area (Å²) >= 11 is 0. The summed E-state index contributed by atoms with van der Waals surface area (Å²) in [5.41, 5.74) is 3.07. The van der Waals surface area contributed by atoms with Gasteiger partial charge in [0.05, 0.1) is 23.6 Å². The third-order valence-corrected chi connectivity index (χ3v) is 3.40. The van der Waals surface area contributed by atoms with E-state index in [9.17, 15) is 4.39 Å². The number of hydrogen-bond donors (Lipinski definition) is 1. The van der Waals surface area contributed by atoms with Crippen molar-refractivity contribution in [2.75, 3.05) is 0 Å². The van der Waals surface area contributed by atoms with E-state index in [0.717, 1.165) is 10.9 Å². The number of benzene rings is 1. The van der Waals surface area contributed by atoms with Crippen molar-refractivity contribution in [3.05, 3.63) is 60.9 Å². The van der Waals surface area contributed by atoms with Gasteiger partial charge in [0.1, 0.15) is 17.2 Å². The lowest BCUT2D eigenvalue weighted by Gasteiger charge is -2.02. The summed E-state index contributed by atoms with van der Waals surface area (Å²) in [5, 5.41) is 7.89. The second-order valence-electron chi connectivity index (χ2n) is 4.76. The zero-order valence-corrected chi connectivity index (χ0v) is 11.4. The number of aromatic nitrogens is 5. The molecule has 0 amide bonds. The second-order valence-corrected chi connectivity index (χ2v) is 4.76. The van der Waals surface area contributed by atoms with Crippen LogP contribution in [0.4, 0.5) is 4.39 Å². The van der Waals surface area contributed by atoms with Crippen molar-refractivity contribution in [1.82, 2.24) is 25.1 Å². The average Bonchev–Trinajstić information content (AvgIpc) is 2.99. The Bertz CT molecular complexity index is 949. The highest BCUT2D eigenvalue weighted by molar-refractivity contribution is 5.94. The number of halogens is 1. The molecule has 0 bridgehead atoms. The molecule has 0 aliphatic carbocycles. The molecule has 4 rings (SSSR count). The first-order valence-corrected chi connectivity index (χ1v) is 6.68. The topological polar surface area (TPSA) is 67.3 Å². The van der Waals surface area contributed by atoms with E-state index in [1.807, 2.05) is 6.07 Å². The second kappa shape index (κ2) is 5.00. The van der Waals surface area contributed by atoms with E-state index in [0.29, 0.717) is 22.6 Å². The standard InChI is InChI=1S/C16H10FN5/c17-12-4-2-1-3-10(12)16-11-7-13(15-8-18-5-6-19-15)20-9-14(11)21-22-16/h1-9H,(H,21,22). The fraction of sp³-hybridized carbons (Fsp3) is 0. The van der Waals surface area contributed by atoms with E-state index >= 15 is 0 Å². The molecular weight excluding hydrogens is 281 g/mol. The van der Waals surface area contributed by atoms with Gasteiger partial charge in [-0.1, -0.05) is 12.1 Å². The number of pyridine rings is 1. The van der Waals surface area contributed by atoms with Crippen LogP contribution in [0.3, 0.4) is 0 Å². The maximum atomic E-state index is 14.0. The number of hydrogen-bond acceptors (Lipinski definition) is 4. The van der Waals surface area contributed by atoms with Crippen LogP contribution < -0.4 is 0 Å². The third-order valence-electron chi connectivity index (χ3n) is 3.40. The van der Waals surface area contributed by atoms with Crippen LogP contribution in [-0.2, 0) is 0 Å². The molecule has 0 radical (unpaired) electrons. The Morgan fingerprint density at radius 3 is 2.68 bits per heavy atom. The molecule has 0 aliphatic rings. The van der Waals surface area contributed by atoms with Crippen LogP contribution in [0.1, 0.15) is 0 Å². The summed E-state index contributed by atoms with van der Waals surface area (Å²) in [6.45, 7) is 0. The molecule has 3 heterocycles. The van der Waals surface area contributed by atoms with Crippen LogP contribution in [-0.4, -0.2) is 25.1 Å². The summed E-state index contributed by atoms with van der Waals surface area (Å²) in [4.78, 5) is 12.6. The molecule has 1 aromatic carbocycles. The quantitative estimate of drug-likeness (QED) is 0.615.